The Morgan fingerprint density at radius 1 is 0.351 bits per heavy atom. The van der Waals surface area contributed by atoms with E-state index < -0.39 is 0 Å². The average molecular weight is 728 g/mol. The van der Waals surface area contributed by atoms with Crippen LogP contribution < -0.4 is 0 Å². The predicted octanol–water partition coefficient (Wildman–Crippen LogP) is 14.2. The number of furan rings is 1. The molecule has 0 unspecified atom stereocenters. The number of hydrogen-bond acceptors (Lipinski definition) is 2. The monoisotopic (exact) mass is 727 g/mol. The summed E-state index contributed by atoms with van der Waals surface area (Å²) in [4.78, 5) is 5.09. The molecule has 0 aliphatic rings. The van der Waals surface area contributed by atoms with E-state index in [1.165, 1.54) is 43.7 Å². The number of fused-ring (bicyclic) bond motifs is 9. The highest BCUT2D eigenvalue weighted by molar-refractivity contribution is 6.13. The van der Waals surface area contributed by atoms with Crippen LogP contribution in [-0.2, 0) is 0 Å². The molecule has 0 saturated heterocycles. The molecule has 0 radical (unpaired) electrons. The summed E-state index contributed by atoms with van der Waals surface area (Å²) >= 11 is 0. The van der Waals surface area contributed by atoms with E-state index in [9.17, 15) is 0 Å². The van der Waals surface area contributed by atoms with Crippen LogP contribution in [0, 0.1) is 0 Å². The highest BCUT2D eigenvalue weighted by Crippen LogP contribution is 2.40. The van der Waals surface area contributed by atoms with E-state index in [2.05, 4.69) is 191 Å². The molecule has 0 amide bonds. The fourth-order valence-corrected chi connectivity index (χ4v) is 8.94. The van der Waals surface area contributed by atoms with Crippen molar-refractivity contribution in [1.29, 1.82) is 0 Å². The van der Waals surface area contributed by atoms with Crippen molar-refractivity contribution in [2.24, 2.45) is 0 Å². The molecule has 0 bridgehead atoms. The van der Waals surface area contributed by atoms with Crippen LogP contribution in [0.1, 0.15) is 0 Å². The number of aromatic nitrogens is 3. The largest absolute Gasteiger partial charge is 0.455 e. The molecular weight excluding hydrogens is 695 g/mol. The third-order valence-electron chi connectivity index (χ3n) is 11.6. The average Bonchev–Trinajstić information content (AvgIpc) is 3.94. The normalized spacial score (nSPS) is 11.9. The Labute approximate surface area is 328 Å². The number of hydrogen-bond donors (Lipinski definition) is 0. The van der Waals surface area contributed by atoms with Crippen molar-refractivity contribution in [1.82, 2.24) is 14.1 Å². The number of rotatable bonds is 5. The second kappa shape index (κ2) is 12.4. The maximum absolute atomic E-state index is 6.38. The molecule has 0 spiro atoms. The van der Waals surface area contributed by atoms with Crippen LogP contribution in [0.3, 0.4) is 0 Å². The first-order valence-electron chi connectivity index (χ1n) is 19.4. The Morgan fingerprint density at radius 3 is 1.65 bits per heavy atom. The van der Waals surface area contributed by atoms with Gasteiger partial charge in [0.25, 0.3) is 0 Å². The minimum atomic E-state index is 0.885. The van der Waals surface area contributed by atoms with Gasteiger partial charge in [0.1, 0.15) is 17.0 Å². The van der Waals surface area contributed by atoms with Gasteiger partial charge in [-0.25, -0.2) is 4.98 Å². The van der Waals surface area contributed by atoms with E-state index in [4.69, 9.17) is 9.40 Å². The SMILES string of the molecule is c1ccc(-n2c3ccccc3c3cc(-c4ccc5c(c4)c4ccccc4n5-c4ccc(-c5cccc(-c6cccc7c6oc6ccccc67)c5)cn4)ccc32)cc1. The maximum atomic E-state index is 6.38. The lowest BCUT2D eigenvalue weighted by Gasteiger charge is -2.10. The van der Waals surface area contributed by atoms with Gasteiger partial charge in [0, 0.05) is 55.3 Å². The summed E-state index contributed by atoms with van der Waals surface area (Å²) in [6, 6.07) is 69.3. The molecule has 8 aromatic carbocycles. The Kier molecular flexibility index (Phi) is 6.89. The Balaban J connectivity index is 0.930. The molecule has 0 N–H and O–H groups in total. The van der Waals surface area contributed by atoms with Crippen molar-refractivity contribution in [3.8, 4) is 44.9 Å². The van der Waals surface area contributed by atoms with Crippen molar-refractivity contribution >= 4 is 65.6 Å². The Morgan fingerprint density at radius 2 is 0.912 bits per heavy atom. The van der Waals surface area contributed by atoms with E-state index in [0.29, 0.717) is 0 Å². The highest BCUT2D eigenvalue weighted by atomic mass is 16.3. The molecular formula is C53H33N3O. The third kappa shape index (κ3) is 4.91. The molecule has 0 saturated carbocycles. The van der Waals surface area contributed by atoms with E-state index in [1.807, 2.05) is 18.3 Å². The second-order valence-corrected chi connectivity index (χ2v) is 14.8. The molecule has 266 valence electrons. The molecule has 12 aromatic rings. The minimum Gasteiger partial charge on any atom is -0.455 e. The summed E-state index contributed by atoms with van der Waals surface area (Å²) < 4.78 is 11.0. The number of nitrogens with zero attached hydrogens (tertiary/aromatic N) is 3. The van der Waals surface area contributed by atoms with Crippen LogP contribution in [0.15, 0.2) is 205 Å². The van der Waals surface area contributed by atoms with Crippen LogP contribution in [0.5, 0.6) is 0 Å². The van der Waals surface area contributed by atoms with Gasteiger partial charge in [0.15, 0.2) is 0 Å². The lowest BCUT2D eigenvalue weighted by molar-refractivity contribution is 0.670. The fourth-order valence-electron chi connectivity index (χ4n) is 8.94. The first kappa shape index (κ1) is 31.6. The molecule has 4 nitrogen and oxygen atoms in total. The van der Waals surface area contributed by atoms with Crippen molar-refractivity contribution in [2.45, 2.75) is 0 Å². The van der Waals surface area contributed by atoms with E-state index >= 15 is 0 Å². The highest BCUT2D eigenvalue weighted by Gasteiger charge is 2.17. The molecule has 4 heterocycles. The van der Waals surface area contributed by atoms with Gasteiger partial charge in [-0.2, -0.15) is 0 Å². The number of pyridine rings is 1. The van der Waals surface area contributed by atoms with Gasteiger partial charge in [-0.1, -0.05) is 121 Å². The molecule has 0 aliphatic heterocycles. The summed E-state index contributed by atoms with van der Waals surface area (Å²) in [7, 11) is 0. The third-order valence-corrected chi connectivity index (χ3v) is 11.6. The zero-order valence-corrected chi connectivity index (χ0v) is 30.8. The summed E-state index contributed by atoms with van der Waals surface area (Å²) in [6.07, 6.45) is 1.99. The van der Waals surface area contributed by atoms with Crippen LogP contribution >= 0.6 is 0 Å². The number of benzene rings is 8. The van der Waals surface area contributed by atoms with E-state index in [-0.39, 0.29) is 0 Å². The fraction of sp³-hybridized carbons (Fsp3) is 0. The zero-order valence-electron chi connectivity index (χ0n) is 30.8. The van der Waals surface area contributed by atoms with Gasteiger partial charge in [-0.05, 0) is 95.1 Å². The first-order chi connectivity index (χ1) is 28.3. The predicted molar refractivity (Wildman–Crippen MR) is 237 cm³/mol. The van der Waals surface area contributed by atoms with Gasteiger partial charge in [-0.3, -0.25) is 4.57 Å². The van der Waals surface area contributed by atoms with Crippen LogP contribution in [0.4, 0.5) is 0 Å². The molecule has 12 rings (SSSR count). The molecule has 0 aliphatic carbocycles. The van der Waals surface area contributed by atoms with Crippen molar-refractivity contribution in [3.63, 3.8) is 0 Å². The second-order valence-electron chi connectivity index (χ2n) is 14.8. The minimum absolute atomic E-state index is 0.885. The summed E-state index contributed by atoms with van der Waals surface area (Å²) in [5, 5.41) is 7.17. The Bertz CT molecular complexity index is 3510. The smallest absolute Gasteiger partial charge is 0.143 e. The van der Waals surface area contributed by atoms with Gasteiger partial charge < -0.3 is 8.98 Å². The van der Waals surface area contributed by atoms with Gasteiger partial charge in [0.05, 0.1) is 22.1 Å². The van der Waals surface area contributed by atoms with Crippen molar-refractivity contribution in [2.75, 3.05) is 0 Å². The quantitative estimate of drug-likeness (QED) is 0.177. The molecule has 4 aromatic heterocycles. The first-order valence-corrected chi connectivity index (χ1v) is 19.4. The standard InChI is InChI=1S/C53H33N3O/c1-2-14-39(15-3-1)55-47-21-7-4-16-41(47)45-31-35(24-27-49(45)55)36-25-28-50-46(32-36)42-17-5-8-22-48(42)56(50)52-29-26-38(33-54-52)34-12-10-13-37(30-34)40-19-11-20-44-43-18-6-9-23-51(43)57-53(40)44/h1-33H. The Hall–Kier alpha value is -7.69. The van der Waals surface area contributed by atoms with Crippen LogP contribution in [0.25, 0.3) is 110 Å². The van der Waals surface area contributed by atoms with Crippen molar-refractivity contribution < 1.29 is 4.42 Å². The summed E-state index contributed by atoms with van der Waals surface area (Å²) in [5.41, 5.74) is 14.4. The lowest BCUT2D eigenvalue weighted by atomic mass is 9.98. The molecule has 0 fully saturated rings. The lowest BCUT2D eigenvalue weighted by Crippen LogP contribution is -1.97. The number of para-hydroxylation sites is 5. The van der Waals surface area contributed by atoms with Crippen LogP contribution in [-0.4, -0.2) is 14.1 Å². The molecule has 0 atom stereocenters. The summed E-state index contributed by atoms with van der Waals surface area (Å²) in [6.45, 7) is 0. The topological polar surface area (TPSA) is 35.9 Å². The van der Waals surface area contributed by atoms with E-state index in [0.717, 1.165) is 66.7 Å². The van der Waals surface area contributed by atoms with Gasteiger partial charge in [0.2, 0.25) is 0 Å². The maximum Gasteiger partial charge on any atom is 0.143 e. The molecule has 4 heteroatoms. The zero-order chi connectivity index (χ0) is 37.5. The van der Waals surface area contributed by atoms with E-state index in [1.54, 1.807) is 0 Å². The molecule has 57 heavy (non-hydrogen) atoms. The summed E-state index contributed by atoms with van der Waals surface area (Å²) in [5.74, 6) is 0.885. The van der Waals surface area contributed by atoms with Gasteiger partial charge in [-0.15, -0.1) is 0 Å². The van der Waals surface area contributed by atoms with Crippen LogP contribution in [0.2, 0.25) is 0 Å². The van der Waals surface area contributed by atoms with Gasteiger partial charge >= 0.3 is 0 Å². The van der Waals surface area contributed by atoms with Crippen molar-refractivity contribution in [3.05, 3.63) is 200 Å².